The van der Waals surface area contributed by atoms with Gasteiger partial charge in [0.15, 0.2) is 0 Å². The minimum Gasteiger partial charge on any atom is -0.378 e. The average molecular weight is 394 g/mol. The molecule has 9 heteroatoms. The van der Waals surface area contributed by atoms with Gasteiger partial charge >= 0.3 is 12.2 Å². The van der Waals surface area contributed by atoms with Crippen molar-refractivity contribution >= 4 is 17.4 Å². The molecular formula is C19H21F3N4O2. The molecule has 0 spiro atoms. The number of rotatable bonds is 4. The van der Waals surface area contributed by atoms with Gasteiger partial charge in [0.25, 0.3) is 0 Å². The minimum absolute atomic E-state index is 0.296. The number of nitrogens with one attached hydrogen (secondary N) is 2. The number of carbonyl (C=O) groups excluding carboxylic acids is 1. The lowest BCUT2D eigenvalue weighted by Crippen LogP contribution is -2.36. The van der Waals surface area contributed by atoms with Crippen molar-refractivity contribution in [1.29, 1.82) is 0 Å². The van der Waals surface area contributed by atoms with E-state index < -0.39 is 23.8 Å². The maximum absolute atomic E-state index is 13.5. The number of nitrogens with zero attached hydrogens (tertiary/aromatic N) is 2. The highest BCUT2D eigenvalue weighted by Crippen LogP contribution is 2.37. The van der Waals surface area contributed by atoms with Crippen molar-refractivity contribution in [3.8, 4) is 0 Å². The van der Waals surface area contributed by atoms with Gasteiger partial charge in [-0.3, -0.25) is 4.98 Å². The smallest absolute Gasteiger partial charge is 0.378 e. The number of urea groups is 1. The number of anilines is 2. The molecule has 0 saturated carbocycles. The number of hydrogen-bond donors (Lipinski definition) is 2. The number of ether oxygens (including phenoxy) is 1. The summed E-state index contributed by atoms with van der Waals surface area (Å²) in [5.74, 6) is 0. The van der Waals surface area contributed by atoms with Gasteiger partial charge in [-0.15, -0.1) is 0 Å². The van der Waals surface area contributed by atoms with Gasteiger partial charge in [0.05, 0.1) is 36.2 Å². The van der Waals surface area contributed by atoms with Crippen molar-refractivity contribution in [2.75, 3.05) is 36.5 Å². The van der Waals surface area contributed by atoms with Crippen molar-refractivity contribution in [3.05, 3.63) is 53.9 Å². The number of carbonyl (C=O) groups is 1. The molecule has 1 atom stereocenters. The predicted octanol–water partition coefficient (Wildman–Crippen LogP) is 3.82. The Morgan fingerprint density at radius 2 is 1.96 bits per heavy atom. The molecule has 2 amide bonds. The average Bonchev–Trinajstić information content (AvgIpc) is 2.68. The summed E-state index contributed by atoms with van der Waals surface area (Å²) in [5.41, 5.74) is -0.132. The number of alkyl halides is 3. The van der Waals surface area contributed by atoms with Gasteiger partial charge in [-0.25, -0.2) is 4.79 Å². The second-order valence-corrected chi connectivity index (χ2v) is 6.40. The van der Waals surface area contributed by atoms with Crippen LogP contribution in [0.2, 0.25) is 0 Å². The summed E-state index contributed by atoms with van der Waals surface area (Å²) in [7, 11) is 0. The number of amides is 2. The van der Waals surface area contributed by atoms with Gasteiger partial charge < -0.3 is 20.3 Å². The van der Waals surface area contributed by atoms with E-state index in [0.29, 0.717) is 37.7 Å². The van der Waals surface area contributed by atoms with Crippen LogP contribution in [0.4, 0.5) is 29.3 Å². The molecule has 3 rings (SSSR count). The molecule has 2 aromatic rings. The van der Waals surface area contributed by atoms with E-state index >= 15 is 0 Å². The van der Waals surface area contributed by atoms with E-state index in [1.807, 2.05) is 4.90 Å². The van der Waals surface area contributed by atoms with Crippen LogP contribution in [0, 0.1) is 0 Å². The number of aromatic nitrogens is 1. The maximum atomic E-state index is 13.5. The lowest BCUT2D eigenvalue weighted by Gasteiger charge is -2.29. The highest BCUT2D eigenvalue weighted by atomic mass is 19.4. The maximum Gasteiger partial charge on any atom is 0.418 e. The first-order chi connectivity index (χ1) is 13.3. The minimum atomic E-state index is -4.60. The van der Waals surface area contributed by atoms with Gasteiger partial charge in [0.1, 0.15) is 0 Å². The third kappa shape index (κ3) is 4.92. The first-order valence-electron chi connectivity index (χ1n) is 8.87. The van der Waals surface area contributed by atoms with Crippen molar-refractivity contribution in [2.24, 2.45) is 0 Å². The van der Waals surface area contributed by atoms with Crippen molar-refractivity contribution in [1.82, 2.24) is 10.3 Å². The second kappa shape index (κ2) is 8.47. The Kier molecular flexibility index (Phi) is 6.03. The molecule has 0 bridgehead atoms. The Balaban J connectivity index is 1.75. The van der Waals surface area contributed by atoms with Gasteiger partial charge in [-0.2, -0.15) is 13.2 Å². The molecule has 28 heavy (non-hydrogen) atoms. The van der Waals surface area contributed by atoms with Crippen molar-refractivity contribution in [3.63, 3.8) is 0 Å². The SMILES string of the molecule is CC(NC(=O)Nc1ccc(N2CCOCC2)cc1C(F)(F)F)c1ccccn1. The van der Waals surface area contributed by atoms with Crippen LogP contribution in [-0.4, -0.2) is 37.3 Å². The number of benzene rings is 1. The molecule has 2 heterocycles. The lowest BCUT2D eigenvalue weighted by atomic mass is 10.1. The summed E-state index contributed by atoms with van der Waals surface area (Å²) < 4.78 is 45.9. The van der Waals surface area contributed by atoms with E-state index in [-0.39, 0.29) is 5.69 Å². The molecule has 1 unspecified atom stereocenters. The zero-order valence-corrected chi connectivity index (χ0v) is 15.3. The Bertz CT molecular complexity index is 809. The molecule has 1 fully saturated rings. The highest BCUT2D eigenvalue weighted by molar-refractivity contribution is 5.90. The molecule has 1 aromatic heterocycles. The number of halogens is 3. The Morgan fingerprint density at radius 3 is 2.61 bits per heavy atom. The van der Waals surface area contributed by atoms with Crippen LogP contribution < -0.4 is 15.5 Å². The summed E-state index contributed by atoms with van der Waals surface area (Å²) >= 11 is 0. The summed E-state index contributed by atoms with van der Waals surface area (Å²) in [4.78, 5) is 18.2. The van der Waals surface area contributed by atoms with Crippen LogP contribution in [0.25, 0.3) is 0 Å². The van der Waals surface area contributed by atoms with E-state index in [1.54, 1.807) is 37.4 Å². The van der Waals surface area contributed by atoms with Crippen LogP contribution in [0.15, 0.2) is 42.6 Å². The van der Waals surface area contributed by atoms with Gasteiger partial charge in [0.2, 0.25) is 0 Å². The molecule has 1 aliphatic heterocycles. The Labute approximate surface area is 160 Å². The zero-order valence-electron chi connectivity index (χ0n) is 15.3. The fourth-order valence-electron chi connectivity index (χ4n) is 2.96. The molecule has 1 aromatic carbocycles. The standard InChI is InChI=1S/C19H21F3N4O2/c1-13(16-4-2-3-7-23-16)24-18(27)25-17-6-5-14(12-15(17)19(20,21)22)26-8-10-28-11-9-26/h2-7,12-13H,8-11H2,1H3,(H2,24,25,27). The topological polar surface area (TPSA) is 66.5 Å². The molecule has 6 nitrogen and oxygen atoms in total. The Morgan fingerprint density at radius 1 is 1.21 bits per heavy atom. The van der Waals surface area contributed by atoms with Crippen LogP contribution >= 0.6 is 0 Å². The first-order valence-corrected chi connectivity index (χ1v) is 8.87. The molecule has 0 aliphatic carbocycles. The largest absolute Gasteiger partial charge is 0.418 e. The quantitative estimate of drug-likeness (QED) is 0.828. The van der Waals surface area contributed by atoms with Gasteiger partial charge in [-0.05, 0) is 37.3 Å². The van der Waals surface area contributed by atoms with Crippen LogP contribution in [0.5, 0.6) is 0 Å². The summed E-state index contributed by atoms with van der Waals surface area (Å²) in [6.07, 6.45) is -3.02. The summed E-state index contributed by atoms with van der Waals surface area (Å²) in [6, 6.07) is 7.95. The zero-order chi connectivity index (χ0) is 20.1. The summed E-state index contributed by atoms with van der Waals surface area (Å²) in [6.45, 7) is 3.68. The normalized spacial score (nSPS) is 15.8. The first kappa shape index (κ1) is 19.9. The molecular weight excluding hydrogens is 373 g/mol. The van der Waals surface area contributed by atoms with Crippen LogP contribution in [-0.2, 0) is 10.9 Å². The van der Waals surface area contributed by atoms with Crippen LogP contribution in [0.1, 0.15) is 24.2 Å². The lowest BCUT2D eigenvalue weighted by molar-refractivity contribution is -0.136. The second-order valence-electron chi connectivity index (χ2n) is 6.40. The van der Waals surface area contributed by atoms with Gasteiger partial charge in [-0.1, -0.05) is 6.07 Å². The summed E-state index contributed by atoms with van der Waals surface area (Å²) in [5, 5.41) is 4.90. The van der Waals surface area contributed by atoms with E-state index in [1.165, 1.54) is 6.07 Å². The number of pyridine rings is 1. The number of hydrogen-bond acceptors (Lipinski definition) is 4. The molecule has 1 aliphatic rings. The highest BCUT2D eigenvalue weighted by Gasteiger charge is 2.35. The third-order valence-corrected chi connectivity index (χ3v) is 4.41. The predicted molar refractivity (Wildman–Crippen MR) is 99.3 cm³/mol. The Hall–Kier alpha value is -2.81. The van der Waals surface area contributed by atoms with Crippen molar-refractivity contribution in [2.45, 2.75) is 19.1 Å². The molecule has 150 valence electrons. The van der Waals surface area contributed by atoms with E-state index in [9.17, 15) is 18.0 Å². The molecule has 0 radical (unpaired) electrons. The monoisotopic (exact) mass is 394 g/mol. The number of morpholine rings is 1. The molecule has 1 saturated heterocycles. The fraction of sp³-hybridized carbons (Fsp3) is 0.368. The van der Waals surface area contributed by atoms with Gasteiger partial charge in [0, 0.05) is 25.0 Å². The van der Waals surface area contributed by atoms with E-state index in [2.05, 4.69) is 15.6 Å². The van der Waals surface area contributed by atoms with Crippen LogP contribution in [0.3, 0.4) is 0 Å². The van der Waals surface area contributed by atoms with E-state index in [0.717, 1.165) is 6.07 Å². The third-order valence-electron chi connectivity index (χ3n) is 4.41. The fourth-order valence-corrected chi connectivity index (χ4v) is 2.96. The van der Waals surface area contributed by atoms with Crippen molar-refractivity contribution < 1.29 is 22.7 Å². The molecule has 2 N–H and O–H groups in total. The van der Waals surface area contributed by atoms with E-state index in [4.69, 9.17) is 4.74 Å².